The van der Waals surface area contributed by atoms with E-state index in [1.165, 1.54) is 18.4 Å². The van der Waals surface area contributed by atoms with E-state index in [0.29, 0.717) is 12.0 Å². The first-order valence-electron chi connectivity index (χ1n) is 6.09. The number of aryl methyl sites for hydroxylation is 1. The van der Waals surface area contributed by atoms with E-state index >= 15 is 0 Å². The fraction of sp³-hybridized carbons (Fsp3) is 0.571. The van der Waals surface area contributed by atoms with Crippen molar-refractivity contribution in [3.63, 3.8) is 0 Å². The third kappa shape index (κ3) is 1.59. The first kappa shape index (κ1) is 9.41. The Morgan fingerprint density at radius 1 is 1.20 bits per heavy atom. The van der Waals surface area contributed by atoms with Crippen molar-refractivity contribution in [2.75, 3.05) is 6.54 Å². The highest BCUT2D eigenvalue weighted by Gasteiger charge is 2.36. The lowest BCUT2D eigenvalue weighted by molar-refractivity contribution is 0.429. The minimum atomic E-state index is 0.649. The van der Waals surface area contributed by atoms with Crippen molar-refractivity contribution < 1.29 is 0 Å². The summed E-state index contributed by atoms with van der Waals surface area (Å²) in [5.41, 5.74) is 4.56. The summed E-state index contributed by atoms with van der Waals surface area (Å²) in [7, 11) is 0. The molecule has 2 unspecified atom stereocenters. The van der Waals surface area contributed by atoms with Gasteiger partial charge in [0.25, 0.3) is 0 Å². The highest BCUT2D eigenvalue weighted by molar-refractivity contribution is 5.39. The lowest BCUT2D eigenvalue weighted by atomic mass is 9.85. The smallest absolute Gasteiger partial charge is 0.0351 e. The molecule has 0 spiro atoms. The van der Waals surface area contributed by atoms with Crippen molar-refractivity contribution >= 4 is 0 Å². The average Bonchev–Trinajstić information content (AvgIpc) is 3.02. The molecule has 1 aromatic rings. The summed E-state index contributed by atoms with van der Waals surface area (Å²) in [6, 6.07) is 7.63. The Kier molecular flexibility index (Phi) is 2.10. The van der Waals surface area contributed by atoms with Crippen LogP contribution in [0.1, 0.15) is 48.4 Å². The maximum absolute atomic E-state index is 3.71. The summed E-state index contributed by atoms with van der Waals surface area (Å²) >= 11 is 0. The molecule has 2 atom stereocenters. The standard InChI is InChI=1S/C14H19N/c1-9-3-6-12-10(2)8-15-14(11-4-5-11)13(12)7-9/h3,6-7,10-11,14-15H,4-5,8H2,1-2H3. The molecule has 0 bridgehead atoms. The van der Waals surface area contributed by atoms with Crippen molar-refractivity contribution in [3.05, 3.63) is 34.9 Å². The quantitative estimate of drug-likeness (QED) is 0.736. The van der Waals surface area contributed by atoms with E-state index in [-0.39, 0.29) is 0 Å². The van der Waals surface area contributed by atoms with Gasteiger partial charge >= 0.3 is 0 Å². The minimum Gasteiger partial charge on any atom is -0.309 e. The van der Waals surface area contributed by atoms with Gasteiger partial charge in [-0.2, -0.15) is 0 Å². The summed E-state index contributed by atoms with van der Waals surface area (Å²) in [5, 5.41) is 3.71. The molecule has 1 fully saturated rings. The average molecular weight is 201 g/mol. The second kappa shape index (κ2) is 3.34. The molecule has 1 aliphatic heterocycles. The highest BCUT2D eigenvalue weighted by Crippen LogP contribution is 2.45. The molecule has 1 nitrogen and oxygen atoms in total. The van der Waals surface area contributed by atoms with Crippen molar-refractivity contribution in [3.8, 4) is 0 Å². The Morgan fingerprint density at radius 3 is 2.73 bits per heavy atom. The SMILES string of the molecule is Cc1ccc2c(c1)C(C1CC1)NCC2C. The predicted octanol–water partition coefficient (Wildman–Crippen LogP) is 3.15. The van der Waals surface area contributed by atoms with Gasteiger partial charge in [-0.25, -0.2) is 0 Å². The lowest BCUT2D eigenvalue weighted by Crippen LogP contribution is -2.33. The van der Waals surface area contributed by atoms with Gasteiger partial charge < -0.3 is 5.32 Å². The number of benzene rings is 1. The normalized spacial score (nSPS) is 30.0. The van der Waals surface area contributed by atoms with Crippen molar-refractivity contribution in [2.45, 2.75) is 38.6 Å². The molecule has 1 N–H and O–H groups in total. The number of nitrogens with one attached hydrogen (secondary N) is 1. The van der Waals surface area contributed by atoms with Crippen LogP contribution in [0, 0.1) is 12.8 Å². The molecule has 0 radical (unpaired) electrons. The van der Waals surface area contributed by atoms with E-state index in [2.05, 4.69) is 37.4 Å². The van der Waals surface area contributed by atoms with Gasteiger partial charge in [0, 0.05) is 12.6 Å². The topological polar surface area (TPSA) is 12.0 Å². The van der Waals surface area contributed by atoms with Crippen molar-refractivity contribution in [1.82, 2.24) is 5.32 Å². The van der Waals surface area contributed by atoms with Crippen LogP contribution in [-0.2, 0) is 0 Å². The Hall–Kier alpha value is -0.820. The molecule has 15 heavy (non-hydrogen) atoms. The van der Waals surface area contributed by atoms with Crippen molar-refractivity contribution in [2.24, 2.45) is 5.92 Å². The van der Waals surface area contributed by atoms with Crippen LogP contribution in [0.5, 0.6) is 0 Å². The molecule has 1 heteroatoms. The number of fused-ring (bicyclic) bond motifs is 1. The Labute approximate surface area is 91.9 Å². The van der Waals surface area contributed by atoms with E-state index in [9.17, 15) is 0 Å². The van der Waals surface area contributed by atoms with Crippen LogP contribution in [0.3, 0.4) is 0 Å². The summed E-state index contributed by atoms with van der Waals surface area (Å²) in [6.45, 7) is 5.67. The molecule has 0 aromatic heterocycles. The van der Waals surface area contributed by atoms with Crippen molar-refractivity contribution in [1.29, 1.82) is 0 Å². The minimum absolute atomic E-state index is 0.649. The third-order valence-corrected chi connectivity index (χ3v) is 3.85. The molecule has 0 saturated heterocycles. The molecule has 0 amide bonds. The first-order valence-corrected chi connectivity index (χ1v) is 6.09. The van der Waals surface area contributed by atoms with E-state index in [4.69, 9.17) is 0 Å². The second-order valence-electron chi connectivity index (χ2n) is 5.26. The molecule has 1 saturated carbocycles. The van der Waals surface area contributed by atoms with Crippen LogP contribution in [0.15, 0.2) is 18.2 Å². The predicted molar refractivity (Wildman–Crippen MR) is 63.1 cm³/mol. The molecule has 1 aliphatic carbocycles. The Morgan fingerprint density at radius 2 is 2.00 bits per heavy atom. The van der Waals surface area contributed by atoms with Gasteiger partial charge in [0.2, 0.25) is 0 Å². The van der Waals surface area contributed by atoms with Gasteiger partial charge in [-0.1, -0.05) is 30.7 Å². The zero-order chi connectivity index (χ0) is 10.4. The van der Waals surface area contributed by atoms with Crippen LogP contribution in [0.25, 0.3) is 0 Å². The number of rotatable bonds is 1. The molecule has 1 heterocycles. The largest absolute Gasteiger partial charge is 0.309 e. The Balaban J connectivity index is 2.05. The molecular formula is C14H19N. The van der Waals surface area contributed by atoms with Crippen LogP contribution in [-0.4, -0.2) is 6.54 Å². The van der Waals surface area contributed by atoms with Gasteiger partial charge in [0.15, 0.2) is 0 Å². The fourth-order valence-corrected chi connectivity index (χ4v) is 2.79. The van der Waals surface area contributed by atoms with Gasteiger partial charge in [-0.05, 0) is 42.7 Å². The van der Waals surface area contributed by atoms with Crippen LogP contribution in [0.4, 0.5) is 0 Å². The molecular weight excluding hydrogens is 182 g/mol. The van der Waals surface area contributed by atoms with Gasteiger partial charge in [0.1, 0.15) is 0 Å². The van der Waals surface area contributed by atoms with Gasteiger partial charge in [0.05, 0.1) is 0 Å². The molecule has 80 valence electrons. The van der Waals surface area contributed by atoms with E-state index in [1.807, 2.05) is 0 Å². The van der Waals surface area contributed by atoms with Crippen LogP contribution >= 0.6 is 0 Å². The van der Waals surface area contributed by atoms with Crippen LogP contribution in [0.2, 0.25) is 0 Å². The molecule has 3 rings (SSSR count). The second-order valence-corrected chi connectivity index (χ2v) is 5.26. The summed E-state index contributed by atoms with van der Waals surface area (Å²) in [6.07, 6.45) is 2.83. The van der Waals surface area contributed by atoms with Crippen LogP contribution < -0.4 is 5.32 Å². The molecule has 1 aromatic carbocycles. The van der Waals surface area contributed by atoms with E-state index < -0.39 is 0 Å². The zero-order valence-electron chi connectivity index (χ0n) is 9.59. The zero-order valence-corrected chi connectivity index (χ0v) is 9.59. The number of hydrogen-bond donors (Lipinski definition) is 1. The molecule has 2 aliphatic rings. The van der Waals surface area contributed by atoms with E-state index in [0.717, 1.165) is 12.5 Å². The Bertz CT molecular complexity index is 379. The van der Waals surface area contributed by atoms with E-state index in [1.54, 1.807) is 11.1 Å². The third-order valence-electron chi connectivity index (χ3n) is 3.85. The maximum atomic E-state index is 3.71. The summed E-state index contributed by atoms with van der Waals surface area (Å²) in [4.78, 5) is 0. The lowest BCUT2D eigenvalue weighted by Gasteiger charge is -2.31. The van der Waals surface area contributed by atoms with Gasteiger partial charge in [-0.3, -0.25) is 0 Å². The summed E-state index contributed by atoms with van der Waals surface area (Å²) < 4.78 is 0. The monoisotopic (exact) mass is 201 g/mol. The number of hydrogen-bond acceptors (Lipinski definition) is 1. The first-order chi connectivity index (χ1) is 7.25. The highest BCUT2D eigenvalue weighted by atomic mass is 14.9. The maximum Gasteiger partial charge on any atom is 0.0351 e. The van der Waals surface area contributed by atoms with Gasteiger partial charge in [-0.15, -0.1) is 0 Å². The summed E-state index contributed by atoms with van der Waals surface area (Å²) in [5.74, 6) is 1.59. The fourth-order valence-electron chi connectivity index (χ4n) is 2.79.